The third-order valence-electron chi connectivity index (χ3n) is 3.46. The first-order chi connectivity index (χ1) is 12.7. The van der Waals surface area contributed by atoms with Crippen molar-refractivity contribution >= 4 is 11.9 Å². The fourth-order valence-electron chi connectivity index (χ4n) is 2.11. The molecular formula is C22H22O4. The van der Waals surface area contributed by atoms with Gasteiger partial charge in [0.1, 0.15) is 13.2 Å². The summed E-state index contributed by atoms with van der Waals surface area (Å²) in [6.07, 6.45) is 7.56. The van der Waals surface area contributed by atoms with Crippen LogP contribution in [-0.4, -0.2) is 11.9 Å². The van der Waals surface area contributed by atoms with Crippen molar-refractivity contribution in [1.82, 2.24) is 0 Å². The van der Waals surface area contributed by atoms with E-state index in [0.29, 0.717) is 12.8 Å². The van der Waals surface area contributed by atoms with Crippen molar-refractivity contribution in [2.24, 2.45) is 0 Å². The Labute approximate surface area is 153 Å². The lowest BCUT2D eigenvalue weighted by molar-refractivity contribution is -0.139. The van der Waals surface area contributed by atoms with Crippen molar-refractivity contribution < 1.29 is 19.1 Å². The van der Waals surface area contributed by atoms with Crippen LogP contribution in [0.5, 0.6) is 0 Å². The number of carbonyl (C=O) groups excluding carboxylic acids is 2. The lowest BCUT2D eigenvalue weighted by Crippen LogP contribution is -2.00. The fraction of sp³-hybridized carbons (Fsp3) is 0.182. The highest BCUT2D eigenvalue weighted by molar-refractivity contribution is 5.82. The maximum atomic E-state index is 11.6. The van der Waals surface area contributed by atoms with Gasteiger partial charge in [0, 0.05) is 12.2 Å². The molecule has 0 aliphatic heterocycles. The molecule has 0 heterocycles. The molecule has 0 aliphatic rings. The summed E-state index contributed by atoms with van der Waals surface area (Å²) in [5.74, 6) is -0.750. The molecule has 2 aromatic rings. The van der Waals surface area contributed by atoms with Gasteiger partial charge in [-0.3, -0.25) is 0 Å². The minimum atomic E-state index is -0.375. The summed E-state index contributed by atoms with van der Waals surface area (Å²) in [4.78, 5) is 23.2. The molecule has 2 rings (SSSR count). The van der Waals surface area contributed by atoms with Crippen LogP contribution in [0.15, 0.2) is 85.0 Å². The lowest BCUT2D eigenvalue weighted by atomic mass is 10.2. The van der Waals surface area contributed by atoms with Gasteiger partial charge in [-0.2, -0.15) is 0 Å². The highest BCUT2D eigenvalue weighted by atomic mass is 16.5. The number of hydrogen-bond acceptors (Lipinski definition) is 4. The van der Waals surface area contributed by atoms with E-state index in [1.54, 1.807) is 12.2 Å². The minimum absolute atomic E-state index is 0.261. The Hall–Kier alpha value is -3.14. The van der Waals surface area contributed by atoms with Crippen LogP contribution in [-0.2, 0) is 32.3 Å². The van der Waals surface area contributed by atoms with Crippen LogP contribution < -0.4 is 0 Å². The first kappa shape index (κ1) is 19.2. The van der Waals surface area contributed by atoms with Crippen LogP contribution in [0.3, 0.4) is 0 Å². The van der Waals surface area contributed by atoms with E-state index in [1.807, 2.05) is 60.7 Å². The van der Waals surface area contributed by atoms with Crippen LogP contribution in [0.4, 0.5) is 0 Å². The van der Waals surface area contributed by atoms with Crippen LogP contribution in [0.2, 0.25) is 0 Å². The number of carbonyl (C=O) groups is 2. The van der Waals surface area contributed by atoms with Gasteiger partial charge in [-0.15, -0.1) is 0 Å². The number of hydrogen-bond donors (Lipinski definition) is 0. The molecule has 134 valence electrons. The average Bonchev–Trinajstić information content (AvgIpc) is 2.69. The standard InChI is InChI=1S/C22H22O4/c23-21(25-17-19-11-5-3-6-12-19)15-9-1-2-10-16-22(24)26-18-20-13-7-4-8-14-20/h3-16H,1-2,17-18H2/b15-9+,16-10+. The molecule has 26 heavy (non-hydrogen) atoms. The number of allylic oxidation sites excluding steroid dienone is 2. The average molecular weight is 350 g/mol. The molecule has 0 N–H and O–H groups in total. The van der Waals surface area contributed by atoms with Crippen molar-refractivity contribution in [2.75, 3.05) is 0 Å². The van der Waals surface area contributed by atoms with Crippen LogP contribution >= 0.6 is 0 Å². The summed E-state index contributed by atoms with van der Waals surface area (Å²) < 4.78 is 10.3. The predicted molar refractivity (Wildman–Crippen MR) is 100.0 cm³/mol. The monoisotopic (exact) mass is 350 g/mol. The van der Waals surface area contributed by atoms with Gasteiger partial charge in [-0.05, 0) is 24.0 Å². The van der Waals surface area contributed by atoms with Crippen LogP contribution in [0, 0.1) is 0 Å². The fourth-order valence-corrected chi connectivity index (χ4v) is 2.11. The number of rotatable bonds is 9. The third-order valence-corrected chi connectivity index (χ3v) is 3.46. The Balaban J connectivity index is 1.57. The van der Waals surface area contributed by atoms with Gasteiger partial charge in [0.15, 0.2) is 0 Å². The molecule has 0 saturated heterocycles. The molecule has 2 aromatic carbocycles. The van der Waals surface area contributed by atoms with Crippen molar-refractivity contribution in [1.29, 1.82) is 0 Å². The molecule has 0 radical (unpaired) electrons. The van der Waals surface area contributed by atoms with E-state index in [9.17, 15) is 9.59 Å². The van der Waals surface area contributed by atoms with Crippen LogP contribution in [0.25, 0.3) is 0 Å². The highest BCUT2D eigenvalue weighted by Crippen LogP contribution is 2.03. The van der Waals surface area contributed by atoms with E-state index in [-0.39, 0.29) is 25.2 Å². The predicted octanol–water partition coefficient (Wildman–Crippen LogP) is 4.37. The zero-order chi connectivity index (χ0) is 18.5. The number of benzene rings is 2. The molecule has 0 saturated carbocycles. The molecule has 0 aromatic heterocycles. The van der Waals surface area contributed by atoms with Gasteiger partial charge >= 0.3 is 11.9 Å². The summed E-state index contributed by atoms with van der Waals surface area (Å²) in [7, 11) is 0. The summed E-state index contributed by atoms with van der Waals surface area (Å²) in [6.45, 7) is 0.522. The Morgan fingerprint density at radius 3 is 1.42 bits per heavy atom. The smallest absolute Gasteiger partial charge is 0.330 e. The molecule has 0 spiro atoms. The molecule has 4 nitrogen and oxygen atoms in total. The Bertz CT molecular complexity index is 668. The van der Waals surface area contributed by atoms with Crippen molar-refractivity contribution in [3.05, 3.63) is 96.1 Å². The maximum Gasteiger partial charge on any atom is 0.330 e. The normalized spacial score (nSPS) is 10.9. The van der Waals surface area contributed by atoms with E-state index in [2.05, 4.69) is 0 Å². The third kappa shape index (κ3) is 8.11. The van der Waals surface area contributed by atoms with Gasteiger partial charge in [-0.1, -0.05) is 72.8 Å². The van der Waals surface area contributed by atoms with E-state index >= 15 is 0 Å². The summed E-state index contributed by atoms with van der Waals surface area (Å²) >= 11 is 0. The summed E-state index contributed by atoms with van der Waals surface area (Å²) in [6, 6.07) is 19.0. The van der Waals surface area contributed by atoms with Crippen molar-refractivity contribution in [3.8, 4) is 0 Å². The zero-order valence-corrected chi connectivity index (χ0v) is 14.5. The van der Waals surface area contributed by atoms with Gasteiger partial charge in [0.05, 0.1) is 0 Å². The second-order valence-electron chi connectivity index (χ2n) is 5.57. The van der Waals surface area contributed by atoms with E-state index in [4.69, 9.17) is 9.47 Å². The Morgan fingerprint density at radius 2 is 1.04 bits per heavy atom. The van der Waals surface area contributed by atoms with Crippen molar-refractivity contribution in [3.63, 3.8) is 0 Å². The molecule has 0 bridgehead atoms. The Morgan fingerprint density at radius 1 is 0.654 bits per heavy atom. The van der Waals surface area contributed by atoms with Gasteiger partial charge in [-0.25, -0.2) is 9.59 Å². The van der Waals surface area contributed by atoms with Gasteiger partial charge in [0.2, 0.25) is 0 Å². The SMILES string of the molecule is O=C(/C=C/CC/C=C/C(=O)OCc1ccccc1)OCc1ccccc1. The minimum Gasteiger partial charge on any atom is -0.458 e. The van der Waals surface area contributed by atoms with E-state index in [0.717, 1.165) is 11.1 Å². The number of unbranched alkanes of at least 4 members (excludes halogenated alkanes) is 1. The Kier molecular flexibility index (Phi) is 8.43. The molecule has 0 atom stereocenters. The topological polar surface area (TPSA) is 52.6 Å². The quantitative estimate of drug-likeness (QED) is 0.383. The summed E-state index contributed by atoms with van der Waals surface area (Å²) in [5.41, 5.74) is 1.90. The first-order valence-corrected chi connectivity index (χ1v) is 8.48. The largest absolute Gasteiger partial charge is 0.458 e. The molecular weight excluding hydrogens is 328 g/mol. The van der Waals surface area contributed by atoms with Gasteiger partial charge in [0.25, 0.3) is 0 Å². The zero-order valence-electron chi connectivity index (χ0n) is 14.5. The second-order valence-corrected chi connectivity index (χ2v) is 5.57. The summed E-state index contributed by atoms with van der Waals surface area (Å²) in [5, 5.41) is 0. The lowest BCUT2D eigenvalue weighted by Gasteiger charge is -2.01. The molecule has 0 amide bonds. The van der Waals surface area contributed by atoms with E-state index < -0.39 is 0 Å². The van der Waals surface area contributed by atoms with Crippen LogP contribution in [0.1, 0.15) is 24.0 Å². The first-order valence-electron chi connectivity index (χ1n) is 8.48. The molecule has 0 unspecified atom stereocenters. The van der Waals surface area contributed by atoms with E-state index in [1.165, 1.54) is 12.2 Å². The second kappa shape index (κ2) is 11.4. The molecule has 0 aliphatic carbocycles. The maximum absolute atomic E-state index is 11.6. The van der Waals surface area contributed by atoms with Gasteiger partial charge < -0.3 is 9.47 Å². The molecule has 4 heteroatoms. The number of ether oxygens (including phenoxy) is 2. The highest BCUT2D eigenvalue weighted by Gasteiger charge is 1.98. The van der Waals surface area contributed by atoms with Crippen molar-refractivity contribution in [2.45, 2.75) is 26.1 Å². The molecule has 0 fully saturated rings. The number of esters is 2.